The maximum absolute atomic E-state index is 12.4. The van der Waals surface area contributed by atoms with Crippen LogP contribution in [0.25, 0.3) is 0 Å². The van der Waals surface area contributed by atoms with Crippen LogP contribution in [0.5, 0.6) is 5.88 Å². The number of thioether (sulfide) groups is 1. The van der Waals surface area contributed by atoms with Crippen LogP contribution in [0.2, 0.25) is 0 Å². The van der Waals surface area contributed by atoms with Crippen molar-refractivity contribution in [2.24, 2.45) is 5.73 Å². The average Bonchev–Trinajstić information content (AvgIpc) is 2.77. The van der Waals surface area contributed by atoms with E-state index in [9.17, 15) is 9.59 Å². The summed E-state index contributed by atoms with van der Waals surface area (Å²) in [4.78, 5) is 28.8. The lowest BCUT2D eigenvalue weighted by molar-refractivity contribution is -0.145. The maximum Gasteiger partial charge on any atom is 0.328 e. The number of nitrogens with two attached hydrogens (primary N) is 1. The topological polar surface area (TPSA) is 116 Å². The molecular formula is C20H34N4O4S2. The van der Waals surface area contributed by atoms with Gasteiger partial charge in [0.05, 0.1) is 12.8 Å². The van der Waals surface area contributed by atoms with Gasteiger partial charge in [-0.3, -0.25) is 4.79 Å². The highest BCUT2D eigenvalue weighted by molar-refractivity contribution is 7.98. The summed E-state index contributed by atoms with van der Waals surface area (Å²) in [6.07, 6.45) is 5.32. The molecule has 1 amide bonds. The van der Waals surface area contributed by atoms with Crippen LogP contribution in [0.15, 0.2) is 12.1 Å². The van der Waals surface area contributed by atoms with Crippen molar-refractivity contribution >= 4 is 42.0 Å². The standard InChI is InChI=1S/C20H34N4O4S2/c1-4-5-6-15-7-8-16(22-11-14(21)13-29)19(23-15)28-12-18(25)24-17(9-10-30-3)20(26)27-2/h7-8,14,17,22,29H,4-6,9-13,21H2,1-3H3,(H,24,25). The smallest absolute Gasteiger partial charge is 0.328 e. The van der Waals surface area contributed by atoms with E-state index in [4.69, 9.17) is 15.2 Å². The first-order chi connectivity index (χ1) is 14.4. The molecule has 0 aliphatic rings. The summed E-state index contributed by atoms with van der Waals surface area (Å²) in [5.41, 5.74) is 7.47. The molecule has 0 aliphatic carbocycles. The van der Waals surface area contributed by atoms with Crippen molar-refractivity contribution in [3.05, 3.63) is 17.8 Å². The van der Waals surface area contributed by atoms with E-state index in [1.165, 1.54) is 7.11 Å². The number of carbonyl (C=O) groups excluding carboxylic acids is 2. The lowest BCUT2D eigenvalue weighted by Gasteiger charge is -2.18. The van der Waals surface area contributed by atoms with Crippen LogP contribution < -0.4 is 21.1 Å². The number of nitrogens with zero attached hydrogens (tertiary/aromatic N) is 1. The summed E-state index contributed by atoms with van der Waals surface area (Å²) in [7, 11) is 1.30. The third-order valence-corrected chi connectivity index (χ3v) is 5.38. The predicted octanol–water partition coefficient (Wildman–Crippen LogP) is 1.88. The monoisotopic (exact) mass is 458 g/mol. The predicted molar refractivity (Wildman–Crippen MR) is 126 cm³/mol. The highest BCUT2D eigenvalue weighted by atomic mass is 32.2. The molecule has 0 saturated carbocycles. The van der Waals surface area contributed by atoms with Gasteiger partial charge in [0.15, 0.2) is 6.61 Å². The molecule has 10 heteroatoms. The number of carbonyl (C=O) groups is 2. The van der Waals surface area contributed by atoms with E-state index in [0.29, 0.717) is 30.3 Å². The van der Waals surface area contributed by atoms with Gasteiger partial charge in [0.1, 0.15) is 6.04 Å². The van der Waals surface area contributed by atoms with Gasteiger partial charge in [-0.2, -0.15) is 24.4 Å². The fourth-order valence-corrected chi connectivity index (χ4v) is 3.12. The van der Waals surface area contributed by atoms with Crippen molar-refractivity contribution in [2.75, 3.05) is 43.3 Å². The zero-order valence-corrected chi connectivity index (χ0v) is 19.7. The minimum atomic E-state index is -0.701. The Balaban J connectivity index is 2.80. The van der Waals surface area contributed by atoms with Crippen molar-refractivity contribution in [1.29, 1.82) is 0 Å². The number of ether oxygens (including phenoxy) is 2. The molecule has 0 aliphatic heterocycles. The number of pyridine rings is 1. The van der Waals surface area contributed by atoms with E-state index in [0.717, 1.165) is 30.7 Å². The van der Waals surface area contributed by atoms with Gasteiger partial charge in [-0.1, -0.05) is 13.3 Å². The quantitative estimate of drug-likeness (QED) is 0.233. The minimum Gasteiger partial charge on any atom is -0.467 e. The summed E-state index contributed by atoms with van der Waals surface area (Å²) in [5, 5.41) is 5.87. The molecule has 0 spiro atoms. The molecule has 2 unspecified atom stereocenters. The summed E-state index contributed by atoms with van der Waals surface area (Å²) >= 11 is 5.78. The molecule has 0 bridgehead atoms. The molecule has 2 atom stereocenters. The number of thiol groups is 1. The van der Waals surface area contributed by atoms with E-state index in [-0.39, 0.29) is 12.6 Å². The Kier molecular flexibility index (Phi) is 13.4. The van der Waals surface area contributed by atoms with E-state index in [1.807, 2.05) is 18.4 Å². The van der Waals surface area contributed by atoms with Crippen molar-refractivity contribution < 1.29 is 19.1 Å². The number of hydrogen-bond acceptors (Lipinski definition) is 9. The Morgan fingerprint density at radius 2 is 2.13 bits per heavy atom. The number of amides is 1. The normalized spacial score (nSPS) is 12.7. The van der Waals surface area contributed by atoms with Crippen LogP contribution in [0.3, 0.4) is 0 Å². The van der Waals surface area contributed by atoms with Crippen LogP contribution >= 0.6 is 24.4 Å². The molecular weight excluding hydrogens is 424 g/mol. The molecule has 170 valence electrons. The molecule has 0 saturated heterocycles. The molecule has 30 heavy (non-hydrogen) atoms. The molecule has 0 radical (unpaired) electrons. The van der Waals surface area contributed by atoms with E-state index in [1.54, 1.807) is 11.8 Å². The number of nitrogens with one attached hydrogen (secondary N) is 2. The second-order valence-electron chi connectivity index (χ2n) is 6.80. The first-order valence-corrected chi connectivity index (χ1v) is 12.1. The lowest BCUT2D eigenvalue weighted by Crippen LogP contribution is -2.44. The number of esters is 1. The summed E-state index contributed by atoms with van der Waals surface area (Å²) in [6.45, 7) is 2.36. The third kappa shape index (κ3) is 9.90. The Morgan fingerprint density at radius 3 is 2.77 bits per heavy atom. The molecule has 0 fully saturated rings. The molecule has 1 aromatic heterocycles. The van der Waals surface area contributed by atoms with Crippen molar-refractivity contribution in [3.63, 3.8) is 0 Å². The van der Waals surface area contributed by atoms with Gasteiger partial charge in [0.2, 0.25) is 5.88 Å². The van der Waals surface area contributed by atoms with Gasteiger partial charge in [-0.05, 0) is 43.4 Å². The molecule has 0 aromatic carbocycles. The summed E-state index contributed by atoms with van der Waals surface area (Å²) < 4.78 is 10.5. The second-order valence-corrected chi connectivity index (χ2v) is 8.15. The van der Waals surface area contributed by atoms with Gasteiger partial charge < -0.3 is 25.8 Å². The number of aromatic nitrogens is 1. The van der Waals surface area contributed by atoms with Crippen LogP contribution in [-0.2, 0) is 20.7 Å². The highest BCUT2D eigenvalue weighted by Crippen LogP contribution is 2.23. The summed E-state index contributed by atoms with van der Waals surface area (Å²) in [5.74, 6) is 0.717. The van der Waals surface area contributed by atoms with Gasteiger partial charge >= 0.3 is 5.97 Å². The van der Waals surface area contributed by atoms with Crippen LogP contribution in [0.1, 0.15) is 31.9 Å². The van der Waals surface area contributed by atoms with Gasteiger partial charge in [0.25, 0.3) is 5.91 Å². The van der Waals surface area contributed by atoms with E-state index in [2.05, 4.69) is 35.2 Å². The second kappa shape index (κ2) is 15.2. The SMILES string of the molecule is CCCCc1ccc(NCC(N)CS)c(OCC(=O)NC(CCSC)C(=O)OC)n1. The van der Waals surface area contributed by atoms with Crippen LogP contribution in [0, 0.1) is 0 Å². The number of aryl methyl sites for hydroxylation is 1. The Labute approximate surface area is 188 Å². The molecule has 8 nitrogen and oxygen atoms in total. The van der Waals surface area contributed by atoms with Crippen LogP contribution in [0.4, 0.5) is 5.69 Å². The molecule has 1 heterocycles. The Bertz CT molecular complexity index is 664. The largest absolute Gasteiger partial charge is 0.467 e. The number of methoxy groups -OCH3 is 1. The third-order valence-electron chi connectivity index (χ3n) is 4.27. The number of anilines is 1. The van der Waals surface area contributed by atoms with Gasteiger partial charge in [-0.25, -0.2) is 9.78 Å². The molecule has 1 rings (SSSR count). The zero-order valence-electron chi connectivity index (χ0n) is 18.0. The fourth-order valence-electron chi connectivity index (χ4n) is 2.52. The number of rotatable bonds is 15. The first kappa shape index (κ1) is 26.4. The van der Waals surface area contributed by atoms with Gasteiger partial charge in [-0.15, -0.1) is 0 Å². The van der Waals surface area contributed by atoms with Crippen molar-refractivity contribution in [2.45, 2.75) is 44.7 Å². The number of hydrogen-bond donors (Lipinski definition) is 4. The Morgan fingerprint density at radius 1 is 1.37 bits per heavy atom. The molecule has 1 aromatic rings. The van der Waals surface area contributed by atoms with Crippen molar-refractivity contribution in [3.8, 4) is 5.88 Å². The van der Waals surface area contributed by atoms with E-state index < -0.39 is 17.9 Å². The van der Waals surface area contributed by atoms with E-state index >= 15 is 0 Å². The zero-order chi connectivity index (χ0) is 22.4. The minimum absolute atomic E-state index is 0.124. The van der Waals surface area contributed by atoms with Crippen molar-refractivity contribution in [1.82, 2.24) is 10.3 Å². The number of unbranched alkanes of at least 4 members (excludes halogenated alkanes) is 1. The first-order valence-electron chi connectivity index (χ1n) is 10.0. The maximum atomic E-state index is 12.4. The fraction of sp³-hybridized carbons (Fsp3) is 0.650. The van der Waals surface area contributed by atoms with Gasteiger partial charge in [0, 0.05) is 24.0 Å². The lowest BCUT2D eigenvalue weighted by atomic mass is 10.2. The highest BCUT2D eigenvalue weighted by Gasteiger charge is 2.21. The summed E-state index contributed by atoms with van der Waals surface area (Å²) in [6, 6.07) is 2.99. The molecule has 4 N–H and O–H groups in total. The average molecular weight is 459 g/mol. The Hall–Kier alpha value is -1.65. The van der Waals surface area contributed by atoms with Crippen LogP contribution in [-0.4, -0.2) is 67.0 Å².